The first-order valence-corrected chi connectivity index (χ1v) is 9.80. The van der Waals surface area contributed by atoms with E-state index in [0.29, 0.717) is 17.0 Å². The van der Waals surface area contributed by atoms with Crippen LogP contribution in [-0.4, -0.2) is 33.9 Å². The second-order valence-electron chi connectivity index (χ2n) is 7.27. The fourth-order valence-electron chi connectivity index (χ4n) is 3.75. The average Bonchev–Trinajstić information content (AvgIpc) is 3.09. The van der Waals surface area contributed by atoms with Gasteiger partial charge in [-0.1, -0.05) is 12.1 Å². The van der Waals surface area contributed by atoms with Crippen molar-refractivity contribution in [1.29, 1.82) is 0 Å². The highest BCUT2D eigenvalue weighted by Gasteiger charge is 2.47. The van der Waals surface area contributed by atoms with E-state index in [1.54, 1.807) is 36.4 Å². The van der Waals surface area contributed by atoms with Crippen LogP contribution in [0.5, 0.6) is 11.5 Å². The van der Waals surface area contributed by atoms with Gasteiger partial charge in [-0.2, -0.15) is 0 Å². The number of rotatable bonds is 5. The minimum absolute atomic E-state index is 0.0804. The molecule has 2 N–H and O–H groups in total. The number of nitrogens with zero attached hydrogens (tertiary/aromatic N) is 2. The van der Waals surface area contributed by atoms with Crippen molar-refractivity contribution < 1.29 is 29.5 Å². The average molecular weight is 446 g/mol. The zero-order valence-corrected chi connectivity index (χ0v) is 17.3. The lowest BCUT2D eigenvalue weighted by atomic mass is 9.95. The van der Waals surface area contributed by atoms with Crippen molar-refractivity contribution in [2.45, 2.75) is 6.04 Å². The molecule has 9 heteroatoms. The van der Waals surface area contributed by atoms with Crippen molar-refractivity contribution in [2.24, 2.45) is 0 Å². The Kier molecular flexibility index (Phi) is 5.53. The molecule has 1 unspecified atom stereocenters. The molecule has 0 aliphatic carbocycles. The van der Waals surface area contributed by atoms with Gasteiger partial charge < -0.3 is 14.9 Å². The number of aliphatic hydroxyl groups excluding tert-OH is 1. The Morgan fingerprint density at radius 2 is 1.70 bits per heavy atom. The summed E-state index contributed by atoms with van der Waals surface area (Å²) in [4.78, 5) is 37.7. The fourth-order valence-corrected chi connectivity index (χ4v) is 3.75. The van der Waals surface area contributed by atoms with Gasteiger partial charge in [0.1, 0.15) is 17.3 Å². The molecule has 1 heterocycles. The molecule has 9 nitrogen and oxygen atoms in total. The number of non-ortho nitro benzene ring substituents is 1. The van der Waals surface area contributed by atoms with Crippen molar-refractivity contribution >= 4 is 28.8 Å². The van der Waals surface area contributed by atoms with Gasteiger partial charge in [-0.25, -0.2) is 0 Å². The van der Waals surface area contributed by atoms with Gasteiger partial charge in [-0.15, -0.1) is 0 Å². The van der Waals surface area contributed by atoms with Gasteiger partial charge in [0, 0.05) is 23.4 Å². The number of benzene rings is 3. The van der Waals surface area contributed by atoms with Gasteiger partial charge in [-0.3, -0.25) is 24.6 Å². The van der Waals surface area contributed by atoms with E-state index in [0.717, 1.165) is 0 Å². The number of Topliss-reactive ketones (excluding diaryl/α,β-unsaturated/α-hetero) is 1. The van der Waals surface area contributed by atoms with E-state index in [1.807, 2.05) is 0 Å². The number of ketones is 1. The lowest BCUT2D eigenvalue weighted by Gasteiger charge is -2.25. The quantitative estimate of drug-likeness (QED) is 0.200. The molecule has 1 aliphatic rings. The number of methoxy groups -OCH3 is 1. The second kappa shape index (κ2) is 8.46. The predicted octanol–water partition coefficient (Wildman–Crippen LogP) is 3.94. The van der Waals surface area contributed by atoms with Crippen LogP contribution in [0.1, 0.15) is 17.2 Å². The zero-order valence-electron chi connectivity index (χ0n) is 17.3. The molecule has 1 saturated heterocycles. The Morgan fingerprint density at radius 1 is 1.03 bits per heavy atom. The van der Waals surface area contributed by atoms with Crippen molar-refractivity contribution in [2.75, 3.05) is 12.0 Å². The van der Waals surface area contributed by atoms with Crippen LogP contribution in [0.4, 0.5) is 11.4 Å². The maximum absolute atomic E-state index is 13.1. The maximum atomic E-state index is 13.1. The summed E-state index contributed by atoms with van der Waals surface area (Å²) in [6.07, 6.45) is 0. The van der Waals surface area contributed by atoms with Crippen LogP contribution in [0, 0.1) is 10.1 Å². The molecule has 0 bridgehead atoms. The minimum atomic E-state index is -1.04. The van der Waals surface area contributed by atoms with Crippen molar-refractivity contribution in [1.82, 2.24) is 0 Å². The highest BCUT2D eigenvalue weighted by atomic mass is 16.6. The van der Waals surface area contributed by atoms with E-state index in [-0.39, 0.29) is 22.6 Å². The van der Waals surface area contributed by atoms with Crippen molar-refractivity contribution in [3.63, 3.8) is 0 Å². The van der Waals surface area contributed by atoms with E-state index < -0.39 is 28.4 Å². The van der Waals surface area contributed by atoms with Crippen LogP contribution in [0.25, 0.3) is 5.76 Å². The van der Waals surface area contributed by atoms with Gasteiger partial charge >= 0.3 is 0 Å². The number of aromatic hydroxyl groups is 1. The molecular formula is C24H18N2O7. The van der Waals surface area contributed by atoms with Crippen LogP contribution in [0.15, 0.2) is 78.4 Å². The lowest BCUT2D eigenvalue weighted by molar-refractivity contribution is -0.384. The van der Waals surface area contributed by atoms with Gasteiger partial charge in [0.2, 0.25) is 0 Å². The SMILES string of the molecule is COc1ccc(N2C(=O)C(=O)/C(=C(\O)c3ccc([N+](=O)[O-])cc3)C2c2cccc(O)c2)cc1. The molecule has 166 valence electrons. The van der Waals surface area contributed by atoms with Crippen LogP contribution in [-0.2, 0) is 9.59 Å². The number of aliphatic hydroxyl groups is 1. The summed E-state index contributed by atoms with van der Waals surface area (Å²) in [5.41, 5.74) is 0.533. The number of ether oxygens (including phenoxy) is 1. The lowest BCUT2D eigenvalue weighted by Crippen LogP contribution is -2.29. The number of phenols is 1. The highest BCUT2D eigenvalue weighted by molar-refractivity contribution is 6.51. The number of amides is 1. The van der Waals surface area contributed by atoms with Gasteiger partial charge in [-0.05, 0) is 54.1 Å². The molecule has 1 fully saturated rings. The third kappa shape index (κ3) is 3.87. The van der Waals surface area contributed by atoms with Gasteiger partial charge in [0.05, 0.1) is 23.6 Å². The van der Waals surface area contributed by atoms with Crippen molar-refractivity contribution in [3.8, 4) is 11.5 Å². The molecule has 1 aliphatic heterocycles. The Labute approximate surface area is 187 Å². The number of hydrogen-bond donors (Lipinski definition) is 2. The third-order valence-electron chi connectivity index (χ3n) is 5.33. The number of hydrogen-bond acceptors (Lipinski definition) is 7. The molecule has 3 aromatic carbocycles. The topological polar surface area (TPSA) is 130 Å². The van der Waals surface area contributed by atoms with E-state index in [9.17, 15) is 29.9 Å². The van der Waals surface area contributed by atoms with E-state index in [2.05, 4.69) is 0 Å². The van der Waals surface area contributed by atoms with Gasteiger partial charge in [0.15, 0.2) is 0 Å². The second-order valence-corrected chi connectivity index (χ2v) is 7.27. The molecule has 33 heavy (non-hydrogen) atoms. The van der Waals surface area contributed by atoms with E-state index in [1.165, 1.54) is 48.4 Å². The molecule has 4 rings (SSSR count). The van der Waals surface area contributed by atoms with Crippen LogP contribution in [0.3, 0.4) is 0 Å². The largest absolute Gasteiger partial charge is 0.508 e. The third-order valence-corrected chi connectivity index (χ3v) is 5.33. The molecular weight excluding hydrogens is 428 g/mol. The standard InChI is InChI=1S/C24H18N2O7/c1-33-19-11-9-16(10-12-19)25-21(15-3-2-4-18(27)13-15)20(23(29)24(25)30)22(28)14-5-7-17(8-6-14)26(31)32/h2-13,21,27-28H,1H3/b22-20-. The predicted molar refractivity (Wildman–Crippen MR) is 119 cm³/mol. The molecule has 0 spiro atoms. The van der Waals surface area contributed by atoms with Crippen LogP contribution >= 0.6 is 0 Å². The van der Waals surface area contributed by atoms with Crippen molar-refractivity contribution in [3.05, 3.63) is 99.6 Å². The maximum Gasteiger partial charge on any atom is 0.300 e. The monoisotopic (exact) mass is 446 g/mol. The summed E-state index contributed by atoms with van der Waals surface area (Å²) >= 11 is 0. The first-order chi connectivity index (χ1) is 15.8. The number of phenolic OH excluding ortho intramolecular Hbond substituents is 1. The van der Waals surface area contributed by atoms with E-state index >= 15 is 0 Å². The Hall–Kier alpha value is -4.66. The summed E-state index contributed by atoms with van der Waals surface area (Å²) in [5.74, 6) is -1.79. The number of carbonyl (C=O) groups excluding carboxylic acids is 2. The summed E-state index contributed by atoms with van der Waals surface area (Å²) in [5, 5.41) is 32.0. The Morgan fingerprint density at radius 3 is 2.27 bits per heavy atom. The summed E-state index contributed by atoms with van der Waals surface area (Å²) in [7, 11) is 1.50. The molecule has 3 aromatic rings. The first-order valence-electron chi connectivity index (χ1n) is 9.80. The number of anilines is 1. The minimum Gasteiger partial charge on any atom is -0.508 e. The van der Waals surface area contributed by atoms with E-state index in [4.69, 9.17) is 4.74 Å². The molecule has 1 atom stereocenters. The van der Waals surface area contributed by atoms with Crippen LogP contribution in [0.2, 0.25) is 0 Å². The van der Waals surface area contributed by atoms with Crippen LogP contribution < -0.4 is 9.64 Å². The smallest absolute Gasteiger partial charge is 0.300 e. The Balaban J connectivity index is 1.90. The number of nitro benzene ring substituents is 1. The molecule has 0 radical (unpaired) electrons. The summed E-state index contributed by atoms with van der Waals surface area (Å²) in [6, 6.07) is 16.4. The normalized spacial score (nSPS) is 17.2. The molecule has 1 amide bonds. The number of nitro groups is 1. The fraction of sp³-hybridized carbons (Fsp3) is 0.0833. The summed E-state index contributed by atoms with van der Waals surface area (Å²) < 4.78 is 5.15. The molecule has 0 saturated carbocycles. The zero-order chi connectivity index (χ0) is 23.7. The molecule has 0 aromatic heterocycles. The van der Waals surface area contributed by atoms with Gasteiger partial charge in [0.25, 0.3) is 17.4 Å². The number of carbonyl (C=O) groups is 2. The summed E-state index contributed by atoms with van der Waals surface area (Å²) in [6.45, 7) is 0. The first kappa shape index (κ1) is 21.6. The highest BCUT2D eigenvalue weighted by Crippen LogP contribution is 2.43. The Bertz CT molecular complexity index is 1280.